The third kappa shape index (κ3) is 3.75. The number of anilines is 1. The molecule has 0 saturated heterocycles. The monoisotopic (exact) mass is 392 g/mol. The van der Waals surface area contributed by atoms with Gasteiger partial charge in [-0.15, -0.1) is 11.3 Å². The van der Waals surface area contributed by atoms with Crippen LogP contribution in [-0.4, -0.2) is 19.9 Å². The van der Waals surface area contributed by atoms with Gasteiger partial charge in [0.25, 0.3) is 5.56 Å². The molecule has 1 N–H and O–H groups in total. The number of amides is 1. The molecular weight excluding hydrogens is 372 g/mol. The highest BCUT2D eigenvalue weighted by molar-refractivity contribution is 7.15. The third-order valence-corrected chi connectivity index (χ3v) is 5.32. The van der Waals surface area contributed by atoms with Crippen molar-refractivity contribution in [3.05, 3.63) is 76.3 Å². The van der Waals surface area contributed by atoms with Gasteiger partial charge < -0.3 is 9.88 Å². The number of pyridine rings is 1. The molecule has 0 saturated carbocycles. The van der Waals surface area contributed by atoms with E-state index >= 15 is 0 Å². The summed E-state index contributed by atoms with van der Waals surface area (Å²) in [4.78, 5) is 29.8. The molecule has 0 unspecified atom stereocenters. The van der Waals surface area contributed by atoms with Gasteiger partial charge in [-0.3, -0.25) is 14.0 Å². The SMILES string of the molecule is CCCn1cc(NC(=O)Cc2csc3nc(-c4ccccc4)cn23)ccc1=O. The number of imidazole rings is 1. The van der Waals surface area contributed by atoms with Crippen molar-refractivity contribution in [2.24, 2.45) is 0 Å². The number of nitrogens with zero attached hydrogens (tertiary/aromatic N) is 3. The van der Waals surface area contributed by atoms with Crippen molar-refractivity contribution in [2.75, 3.05) is 5.32 Å². The van der Waals surface area contributed by atoms with Crippen LogP contribution < -0.4 is 10.9 Å². The number of hydrogen-bond donors (Lipinski definition) is 1. The highest BCUT2D eigenvalue weighted by Gasteiger charge is 2.13. The summed E-state index contributed by atoms with van der Waals surface area (Å²) in [6, 6.07) is 13.1. The van der Waals surface area contributed by atoms with E-state index in [4.69, 9.17) is 0 Å². The van der Waals surface area contributed by atoms with Crippen LogP contribution in [0.3, 0.4) is 0 Å². The van der Waals surface area contributed by atoms with Crippen LogP contribution in [0.15, 0.2) is 65.0 Å². The molecule has 3 heterocycles. The molecule has 7 heteroatoms. The normalized spacial score (nSPS) is 11.0. The number of thiazole rings is 1. The first-order chi connectivity index (χ1) is 13.6. The van der Waals surface area contributed by atoms with Gasteiger partial charge in [0.15, 0.2) is 4.96 Å². The molecule has 4 aromatic rings. The van der Waals surface area contributed by atoms with Crippen LogP contribution in [0.1, 0.15) is 19.0 Å². The lowest BCUT2D eigenvalue weighted by Gasteiger charge is -2.08. The Morgan fingerprint density at radius 1 is 1.14 bits per heavy atom. The van der Waals surface area contributed by atoms with Crippen molar-refractivity contribution in [2.45, 2.75) is 26.3 Å². The second kappa shape index (κ2) is 7.82. The van der Waals surface area contributed by atoms with Crippen LogP contribution in [0.5, 0.6) is 0 Å². The van der Waals surface area contributed by atoms with E-state index < -0.39 is 0 Å². The van der Waals surface area contributed by atoms with Crippen LogP contribution in [0.4, 0.5) is 5.69 Å². The molecule has 0 radical (unpaired) electrons. The van der Waals surface area contributed by atoms with Gasteiger partial charge in [-0.25, -0.2) is 4.98 Å². The number of fused-ring (bicyclic) bond motifs is 1. The summed E-state index contributed by atoms with van der Waals surface area (Å²) in [5, 5.41) is 4.83. The Balaban J connectivity index is 1.52. The number of nitrogens with one attached hydrogen (secondary N) is 1. The molecule has 6 nitrogen and oxygen atoms in total. The molecule has 28 heavy (non-hydrogen) atoms. The van der Waals surface area contributed by atoms with E-state index in [9.17, 15) is 9.59 Å². The Morgan fingerprint density at radius 3 is 2.75 bits per heavy atom. The predicted octanol–water partition coefficient (Wildman–Crippen LogP) is 3.82. The molecule has 0 atom stereocenters. The minimum atomic E-state index is -0.128. The van der Waals surface area contributed by atoms with E-state index in [2.05, 4.69) is 10.3 Å². The number of carbonyl (C=O) groups excluding carboxylic acids is 1. The van der Waals surface area contributed by atoms with E-state index in [0.29, 0.717) is 12.2 Å². The maximum absolute atomic E-state index is 12.5. The Labute approximate surface area is 166 Å². The van der Waals surface area contributed by atoms with Gasteiger partial charge in [0, 0.05) is 41.6 Å². The molecule has 0 bridgehead atoms. The van der Waals surface area contributed by atoms with Gasteiger partial charge in [0.1, 0.15) is 0 Å². The Kier molecular flexibility index (Phi) is 5.08. The molecule has 0 spiro atoms. The molecule has 142 valence electrons. The van der Waals surface area contributed by atoms with Gasteiger partial charge in [-0.1, -0.05) is 37.3 Å². The molecule has 0 aliphatic heterocycles. The summed E-state index contributed by atoms with van der Waals surface area (Å²) in [6.07, 6.45) is 4.74. The summed E-state index contributed by atoms with van der Waals surface area (Å²) in [5.41, 5.74) is 3.38. The first-order valence-corrected chi connectivity index (χ1v) is 10.0. The second-order valence-electron chi connectivity index (χ2n) is 6.55. The highest BCUT2D eigenvalue weighted by atomic mass is 32.1. The molecule has 1 aromatic carbocycles. The minimum Gasteiger partial charge on any atom is -0.324 e. The topological polar surface area (TPSA) is 68.4 Å². The smallest absolute Gasteiger partial charge is 0.250 e. The zero-order chi connectivity index (χ0) is 19.5. The average molecular weight is 392 g/mol. The minimum absolute atomic E-state index is 0.0637. The van der Waals surface area contributed by atoms with Gasteiger partial charge in [-0.05, 0) is 12.5 Å². The molecule has 1 amide bonds. The molecule has 0 fully saturated rings. The largest absolute Gasteiger partial charge is 0.324 e. The van der Waals surface area contributed by atoms with Crippen molar-refractivity contribution < 1.29 is 4.79 Å². The van der Waals surface area contributed by atoms with Crippen LogP contribution in [-0.2, 0) is 17.8 Å². The Morgan fingerprint density at radius 2 is 1.96 bits per heavy atom. The van der Waals surface area contributed by atoms with Crippen LogP contribution in [0.25, 0.3) is 16.2 Å². The maximum Gasteiger partial charge on any atom is 0.250 e. The van der Waals surface area contributed by atoms with Crippen molar-refractivity contribution in [3.63, 3.8) is 0 Å². The van der Waals surface area contributed by atoms with Gasteiger partial charge in [0.2, 0.25) is 5.91 Å². The summed E-state index contributed by atoms with van der Waals surface area (Å²) in [6.45, 7) is 2.64. The molecule has 0 aliphatic carbocycles. The van der Waals surface area contributed by atoms with Crippen LogP contribution >= 0.6 is 11.3 Å². The summed E-state index contributed by atoms with van der Waals surface area (Å²) < 4.78 is 3.57. The van der Waals surface area contributed by atoms with Gasteiger partial charge >= 0.3 is 0 Å². The maximum atomic E-state index is 12.5. The number of benzene rings is 1. The average Bonchev–Trinajstić information content (AvgIpc) is 3.27. The zero-order valence-electron chi connectivity index (χ0n) is 15.5. The van der Waals surface area contributed by atoms with E-state index in [1.54, 1.807) is 16.8 Å². The van der Waals surface area contributed by atoms with Crippen LogP contribution in [0, 0.1) is 0 Å². The quantitative estimate of drug-likeness (QED) is 0.542. The first kappa shape index (κ1) is 18.2. The molecule has 3 aromatic heterocycles. The number of carbonyl (C=O) groups is 1. The summed E-state index contributed by atoms with van der Waals surface area (Å²) >= 11 is 1.52. The van der Waals surface area contributed by atoms with E-state index in [0.717, 1.165) is 28.3 Å². The molecule has 4 rings (SSSR count). The molecular formula is C21H20N4O2S. The fourth-order valence-corrected chi connectivity index (χ4v) is 3.97. The third-order valence-electron chi connectivity index (χ3n) is 4.43. The fraction of sp³-hybridized carbons (Fsp3) is 0.190. The van der Waals surface area contributed by atoms with Crippen molar-refractivity contribution in [1.29, 1.82) is 0 Å². The number of aryl methyl sites for hydroxylation is 1. The summed E-state index contributed by atoms with van der Waals surface area (Å²) in [5.74, 6) is -0.128. The van der Waals surface area contributed by atoms with Gasteiger partial charge in [-0.2, -0.15) is 0 Å². The molecule has 0 aliphatic rings. The number of aromatic nitrogens is 3. The van der Waals surface area contributed by atoms with Crippen molar-refractivity contribution in [1.82, 2.24) is 14.0 Å². The standard InChI is InChI=1S/C21H20N4O2S/c1-2-10-24-12-16(8-9-20(24)27)22-19(26)11-17-14-28-21-23-18(13-25(17)21)15-6-4-3-5-7-15/h3-9,12-14H,2,10-11H2,1H3,(H,22,26). The zero-order valence-corrected chi connectivity index (χ0v) is 16.3. The van der Waals surface area contributed by atoms with E-state index in [1.165, 1.54) is 17.4 Å². The lowest BCUT2D eigenvalue weighted by atomic mass is 10.2. The highest BCUT2D eigenvalue weighted by Crippen LogP contribution is 2.24. The van der Waals surface area contributed by atoms with Crippen LogP contribution in [0.2, 0.25) is 0 Å². The lowest BCUT2D eigenvalue weighted by Crippen LogP contribution is -2.21. The van der Waals surface area contributed by atoms with E-state index in [-0.39, 0.29) is 17.9 Å². The second-order valence-corrected chi connectivity index (χ2v) is 7.38. The fourth-order valence-electron chi connectivity index (χ4n) is 3.10. The lowest BCUT2D eigenvalue weighted by molar-refractivity contribution is -0.115. The number of rotatable bonds is 6. The van der Waals surface area contributed by atoms with E-state index in [1.807, 2.05) is 53.2 Å². The predicted molar refractivity (Wildman–Crippen MR) is 112 cm³/mol. The number of hydrogen-bond acceptors (Lipinski definition) is 4. The Bertz CT molecular complexity index is 1170. The first-order valence-electron chi connectivity index (χ1n) is 9.15. The summed E-state index contributed by atoms with van der Waals surface area (Å²) in [7, 11) is 0. The Hall–Kier alpha value is -3.19. The van der Waals surface area contributed by atoms with Gasteiger partial charge in [0.05, 0.1) is 17.8 Å². The van der Waals surface area contributed by atoms with Crippen molar-refractivity contribution >= 4 is 27.9 Å². The van der Waals surface area contributed by atoms with Crippen molar-refractivity contribution in [3.8, 4) is 11.3 Å².